The number of halogens is 1. The molecular weight excluding hydrogens is 400 g/mol. The van der Waals surface area contributed by atoms with Gasteiger partial charge in [-0.15, -0.1) is 10.2 Å². The Hall–Kier alpha value is -2.93. The van der Waals surface area contributed by atoms with E-state index < -0.39 is 5.97 Å². The van der Waals surface area contributed by atoms with Crippen LogP contribution in [0.1, 0.15) is 10.4 Å². The number of ether oxygens (including phenoxy) is 3. The van der Waals surface area contributed by atoms with Crippen LogP contribution < -0.4 is 14.2 Å². The van der Waals surface area contributed by atoms with Gasteiger partial charge in [0.1, 0.15) is 0 Å². The van der Waals surface area contributed by atoms with Gasteiger partial charge in [-0.3, -0.25) is 0 Å². The minimum Gasteiger partial charge on any atom is -0.493 e. The number of rotatable bonds is 5. The van der Waals surface area contributed by atoms with Gasteiger partial charge in [-0.2, -0.15) is 0 Å². The average Bonchev–Trinajstić information content (AvgIpc) is 2.68. The largest absolute Gasteiger partial charge is 0.493 e. The Morgan fingerprint density at radius 3 is 2.23 bits per heavy atom. The molecule has 2 aromatic carbocycles. The summed E-state index contributed by atoms with van der Waals surface area (Å²) < 4.78 is 16.6. The summed E-state index contributed by atoms with van der Waals surface area (Å²) in [6.07, 6.45) is 0. The Bertz CT molecular complexity index is 912. The second-order valence-electron chi connectivity index (χ2n) is 5.22. The van der Waals surface area contributed by atoms with Gasteiger partial charge in [-0.05, 0) is 48.5 Å². The lowest BCUT2D eigenvalue weighted by Crippen LogP contribution is -2.09. The molecule has 0 spiro atoms. The molecule has 0 aliphatic heterocycles. The molecule has 0 aliphatic rings. The molecule has 1 aromatic heterocycles. The smallest absolute Gasteiger partial charge is 0.344 e. The van der Waals surface area contributed by atoms with Gasteiger partial charge in [-0.25, -0.2) is 4.79 Å². The van der Waals surface area contributed by atoms with Gasteiger partial charge in [0.05, 0.1) is 25.5 Å². The molecule has 132 valence electrons. The first-order chi connectivity index (χ1) is 12.6. The predicted molar refractivity (Wildman–Crippen MR) is 99.7 cm³/mol. The molecule has 3 aromatic rings. The zero-order valence-electron chi connectivity index (χ0n) is 14.1. The molecule has 26 heavy (non-hydrogen) atoms. The number of benzene rings is 2. The molecule has 0 bridgehead atoms. The van der Waals surface area contributed by atoms with Crippen LogP contribution in [0.3, 0.4) is 0 Å². The van der Waals surface area contributed by atoms with Crippen molar-refractivity contribution in [1.82, 2.24) is 10.2 Å². The van der Waals surface area contributed by atoms with Crippen LogP contribution in [0.5, 0.6) is 17.4 Å². The fraction of sp³-hybridized carbons (Fsp3) is 0.105. The average molecular weight is 415 g/mol. The van der Waals surface area contributed by atoms with Gasteiger partial charge in [0, 0.05) is 16.1 Å². The number of carbonyl (C=O) groups excluding carboxylic acids is 1. The first kappa shape index (κ1) is 17.9. The number of aromatic nitrogens is 2. The Labute approximate surface area is 158 Å². The van der Waals surface area contributed by atoms with Gasteiger partial charge in [-0.1, -0.05) is 15.9 Å². The Balaban J connectivity index is 1.76. The first-order valence-corrected chi connectivity index (χ1v) is 8.44. The highest BCUT2D eigenvalue weighted by Gasteiger charge is 2.11. The number of methoxy groups -OCH3 is 2. The summed E-state index contributed by atoms with van der Waals surface area (Å²) in [7, 11) is 3.14. The molecule has 0 amide bonds. The highest BCUT2D eigenvalue weighted by Crippen LogP contribution is 2.31. The monoisotopic (exact) mass is 414 g/mol. The summed E-state index contributed by atoms with van der Waals surface area (Å²) in [4.78, 5) is 12.1. The Kier molecular flexibility index (Phi) is 5.48. The standard InChI is InChI=1S/C19H15BrN2O4/c1-24-16-9-5-13(11-17(16)25-2)15-8-10-18(22-21-15)26-19(23)12-3-6-14(20)7-4-12/h3-11H,1-2H3. The van der Waals surface area contributed by atoms with E-state index in [9.17, 15) is 4.79 Å². The SMILES string of the molecule is COc1ccc(-c2ccc(OC(=O)c3ccc(Br)cc3)nn2)cc1OC. The number of esters is 1. The van der Waals surface area contributed by atoms with Crippen molar-refractivity contribution < 1.29 is 19.0 Å². The highest BCUT2D eigenvalue weighted by atomic mass is 79.9. The van der Waals surface area contributed by atoms with Crippen molar-refractivity contribution >= 4 is 21.9 Å². The number of carbonyl (C=O) groups is 1. The quantitative estimate of drug-likeness (QED) is 0.584. The van der Waals surface area contributed by atoms with Crippen LogP contribution in [0.2, 0.25) is 0 Å². The zero-order valence-corrected chi connectivity index (χ0v) is 15.7. The van der Waals surface area contributed by atoms with Crippen molar-refractivity contribution in [2.24, 2.45) is 0 Å². The van der Waals surface area contributed by atoms with E-state index >= 15 is 0 Å². The Morgan fingerprint density at radius 2 is 1.62 bits per heavy atom. The molecule has 0 radical (unpaired) electrons. The molecule has 0 fully saturated rings. The lowest BCUT2D eigenvalue weighted by atomic mass is 10.1. The van der Waals surface area contributed by atoms with Crippen LogP contribution in [0.15, 0.2) is 59.1 Å². The lowest BCUT2D eigenvalue weighted by Gasteiger charge is -2.09. The topological polar surface area (TPSA) is 70.5 Å². The van der Waals surface area contributed by atoms with E-state index in [0.29, 0.717) is 22.8 Å². The van der Waals surface area contributed by atoms with Crippen molar-refractivity contribution in [1.29, 1.82) is 0 Å². The normalized spacial score (nSPS) is 10.3. The van der Waals surface area contributed by atoms with Crippen LogP contribution in [0, 0.1) is 0 Å². The summed E-state index contributed by atoms with van der Waals surface area (Å²) in [6.45, 7) is 0. The Morgan fingerprint density at radius 1 is 0.885 bits per heavy atom. The van der Waals surface area contributed by atoms with Crippen molar-refractivity contribution in [2.75, 3.05) is 14.2 Å². The highest BCUT2D eigenvalue weighted by molar-refractivity contribution is 9.10. The minimum atomic E-state index is -0.495. The fourth-order valence-electron chi connectivity index (χ4n) is 2.26. The van der Waals surface area contributed by atoms with E-state index in [-0.39, 0.29) is 5.88 Å². The van der Waals surface area contributed by atoms with Crippen molar-refractivity contribution in [2.45, 2.75) is 0 Å². The third-order valence-electron chi connectivity index (χ3n) is 3.60. The third-order valence-corrected chi connectivity index (χ3v) is 4.13. The van der Waals surface area contributed by atoms with E-state index in [4.69, 9.17) is 14.2 Å². The minimum absolute atomic E-state index is 0.127. The zero-order chi connectivity index (χ0) is 18.5. The van der Waals surface area contributed by atoms with Crippen molar-refractivity contribution in [3.8, 4) is 28.6 Å². The number of nitrogens with zero attached hydrogens (tertiary/aromatic N) is 2. The maximum absolute atomic E-state index is 12.1. The van der Waals surface area contributed by atoms with E-state index in [1.807, 2.05) is 6.07 Å². The molecular formula is C19H15BrN2O4. The second kappa shape index (κ2) is 7.97. The maximum Gasteiger partial charge on any atom is 0.344 e. The summed E-state index contributed by atoms with van der Waals surface area (Å²) in [5, 5.41) is 8.07. The number of hydrogen-bond acceptors (Lipinski definition) is 6. The molecule has 6 nitrogen and oxygen atoms in total. The number of hydrogen-bond donors (Lipinski definition) is 0. The van der Waals surface area contributed by atoms with Gasteiger partial charge < -0.3 is 14.2 Å². The molecule has 7 heteroatoms. The van der Waals surface area contributed by atoms with Crippen LogP contribution in [0.4, 0.5) is 0 Å². The molecule has 0 atom stereocenters. The van der Waals surface area contributed by atoms with Gasteiger partial charge in [0.15, 0.2) is 11.5 Å². The summed E-state index contributed by atoms with van der Waals surface area (Å²) >= 11 is 3.32. The summed E-state index contributed by atoms with van der Waals surface area (Å²) in [5.74, 6) is 0.856. The maximum atomic E-state index is 12.1. The van der Waals surface area contributed by atoms with E-state index in [1.54, 1.807) is 62.8 Å². The summed E-state index contributed by atoms with van der Waals surface area (Å²) in [5.41, 5.74) is 1.86. The summed E-state index contributed by atoms with van der Waals surface area (Å²) in [6, 6.07) is 15.6. The predicted octanol–water partition coefficient (Wildman–Crippen LogP) is 4.14. The van der Waals surface area contributed by atoms with Crippen LogP contribution in [-0.4, -0.2) is 30.4 Å². The van der Waals surface area contributed by atoms with E-state index in [1.165, 1.54) is 0 Å². The molecule has 0 unspecified atom stereocenters. The lowest BCUT2D eigenvalue weighted by molar-refractivity contribution is 0.0726. The van der Waals surface area contributed by atoms with Gasteiger partial charge in [0.2, 0.25) is 5.88 Å². The molecule has 0 saturated carbocycles. The molecule has 3 rings (SSSR count). The van der Waals surface area contributed by atoms with Crippen molar-refractivity contribution in [3.63, 3.8) is 0 Å². The van der Waals surface area contributed by atoms with Crippen LogP contribution >= 0.6 is 15.9 Å². The molecule has 1 heterocycles. The van der Waals surface area contributed by atoms with Gasteiger partial charge >= 0.3 is 5.97 Å². The second-order valence-corrected chi connectivity index (χ2v) is 6.14. The van der Waals surface area contributed by atoms with Gasteiger partial charge in [0.25, 0.3) is 0 Å². The van der Waals surface area contributed by atoms with E-state index in [2.05, 4.69) is 26.1 Å². The third kappa shape index (κ3) is 4.00. The fourth-order valence-corrected chi connectivity index (χ4v) is 2.53. The van der Waals surface area contributed by atoms with Crippen LogP contribution in [0.25, 0.3) is 11.3 Å². The van der Waals surface area contributed by atoms with Crippen molar-refractivity contribution in [3.05, 3.63) is 64.6 Å². The molecule has 0 aliphatic carbocycles. The molecule has 0 N–H and O–H groups in total. The van der Waals surface area contributed by atoms with E-state index in [0.717, 1.165) is 10.0 Å². The van der Waals surface area contributed by atoms with Crippen LogP contribution in [-0.2, 0) is 0 Å². The molecule has 0 saturated heterocycles. The first-order valence-electron chi connectivity index (χ1n) is 7.64.